The lowest BCUT2D eigenvalue weighted by Crippen LogP contribution is -2.44. The molecule has 0 amide bonds. The predicted octanol–water partition coefficient (Wildman–Crippen LogP) is 3.71. The standard InChI is InChI=1S/C17H20F3N5S/c1-24-7-9-25(10-8-24)15-11-14(22-16(23-15)26-2)21-13-5-3-12(4-6-13)17(18,19)20/h3-6,11H,7-10H2,1-2H3,(H,21,22,23). The van der Waals surface area contributed by atoms with E-state index >= 15 is 0 Å². The zero-order chi connectivity index (χ0) is 18.7. The maximum absolute atomic E-state index is 12.7. The average molecular weight is 383 g/mol. The summed E-state index contributed by atoms with van der Waals surface area (Å²) in [5.41, 5.74) is -0.123. The number of halogens is 3. The summed E-state index contributed by atoms with van der Waals surface area (Å²) < 4.78 is 38.0. The van der Waals surface area contributed by atoms with Gasteiger partial charge >= 0.3 is 6.18 Å². The Kier molecular flexibility index (Phi) is 5.57. The summed E-state index contributed by atoms with van der Waals surface area (Å²) >= 11 is 1.43. The van der Waals surface area contributed by atoms with Crippen molar-refractivity contribution in [3.05, 3.63) is 35.9 Å². The molecule has 0 atom stereocenters. The Morgan fingerprint density at radius 1 is 1.04 bits per heavy atom. The largest absolute Gasteiger partial charge is 0.416 e. The normalized spacial score (nSPS) is 16.0. The molecule has 0 bridgehead atoms. The topological polar surface area (TPSA) is 44.3 Å². The smallest absolute Gasteiger partial charge is 0.354 e. The zero-order valence-electron chi connectivity index (χ0n) is 14.5. The van der Waals surface area contributed by atoms with Gasteiger partial charge in [0, 0.05) is 37.9 Å². The van der Waals surface area contributed by atoms with Crippen molar-refractivity contribution in [2.45, 2.75) is 11.3 Å². The number of thioether (sulfide) groups is 1. The maximum atomic E-state index is 12.7. The number of aromatic nitrogens is 2. The third-order valence-corrected chi connectivity index (χ3v) is 4.73. The molecule has 1 aromatic carbocycles. The van der Waals surface area contributed by atoms with Gasteiger partial charge in [0.25, 0.3) is 0 Å². The highest BCUT2D eigenvalue weighted by atomic mass is 32.2. The Morgan fingerprint density at radius 3 is 2.27 bits per heavy atom. The average Bonchev–Trinajstić information content (AvgIpc) is 2.61. The van der Waals surface area contributed by atoms with Gasteiger partial charge in [-0.15, -0.1) is 0 Å². The van der Waals surface area contributed by atoms with Crippen molar-refractivity contribution in [2.75, 3.05) is 49.7 Å². The molecule has 5 nitrogen and oxygen atoms in total. The quantitative estimate of drug-likeness (QED) is 0.641. The number of piperazine rings is 1. The number of anilines is 3. The molecular weight excluding hydrogens is 363 g/mol. The van der Waals surface area contributed by atoms with Crippen LogP contribution in [0.4, 0.5) is 30.5 Å². The van der Waals surface area contributed by atoms with Gasteiger partial charge < -0.3 is 15.1 Å². The Morgan fingerprint density at radius 2 is 1.69 bits per heavy atom. The third-order valence-electron chi connectivity index (χ3n) is 4.19. The lowest BCUT2D eigenvalue weighted by molar-refractivity contribution is -0.137. The van der Waals surface area contributed by atoms with Gasteiger partial charge in [0.2, 0.25) is 0 Å². The number of nitrogens with one attached hydrogen (secondary N) is 1. The van der Waals surface area contributed by atoms with Crippen molar-refractivity contribution in [3.63, 3.8) is 0 Å². The number of hydrogen-bond donors (Lipinski definition) is 1. The second kappa shape index (κ2) is 7.71. The minimum atomic E-state index is -4.34. The SMILES string of the molecule is CSc1nc(Nc2ccc(C(F)(F)F)cc2)cc(N2CCN(C)CC2)n1. The van der Waals surface area contributed by atoms with Gasteiger partial charge in [-0.2, -0.15) is 13.2 Å². The molecule has 0 radical (unpaired) electrons. The number of hydrogen-bond acceptors (Lipinski definition) is 6. The van der Waals surface area contributed by atoms with E-state index in [9.17, 15) is 13.2 Å². The van der Waals surface area contributed by atoms with E-state index in [1.165, 1.54) is 23.9 Å². The lowest BCUT2D eigenvalue weighted by Gasteiger charge is -2.33. The number of benzene rings is 1. The molecule has 3 rings (SSSR count). The summed E-state index contributed by atoms with van der Waals surface area (Å²) in [4.78, 5) is 13.4. The Bertz CT molecular complexity index is 743. The number of likely N-dealkylation sites (N-methyl/N-ethyl adjacent to an activating group) is 1. The Hall–Kier alpha value is -2.00. The van der Waals surface area contributed by atoms with Crippen molar-refractivity contribution in [3.8, 4) is 0 Å². The molecule has 140 valence electrons. The van der Waals surface area contributed by atoms with Gasteiger partial charge in [-0.1, -0.05) is 11.8 Å². The first-order valence-electron chi connectivity index (χ1n) is 8.16. The van der Waals surface area contributed by atoms with Crippen LogP contribution in [0, 0.1) is 0 Å². The lowest BCUT2D eigenvalue weighted by atomic mass is 10.2. The van der Waals surface area contributed by atoms with E-state index in [-0.39, 0.29) is 0 Å². The molecule has 0 spiro atoms. The van der Waals surface area contributed by atoms with Crippen molar-refractivity contribution < 1.29 is 13.2 Å². The molecule has 0 unspecified atom stereocenters. The first-order chi connectivity index (χ1) is 12.3. The van der Waals surface area contributed by atoms with Crippen LogP contribution in [0.25, 0.3) is 0 Å². The van der Waals surface area contributed by atoms with E-state index in [1.54, 1.807) is 0 Å². The van der Waals surface area contributed by atoms with E-state index < -0.39 is 11.7 Å². The van der Waals surface area contributed by atoms with E-state index in [2.05, 4.69) is 32.1 Å². The Labute approximate surface area is 154 Å². The molecule has 0 saturated carbocycles. The molecule has 1 aromatic heterocycles. The van der Waals surface area contributed by atoms with Crippen LogP contribution in [0.1, 0.15) is 5.56 Å². The molecule has 1 fully saturated rings. The molecule has 26 heavy (non-hydrogen) atoms. The summed E-state index contributed by atoms with van der Waals surface area (Å²) in [6, 6.07) is 6.75. The highest BCUT2D eigenvalue weighted by molar-refractivity contribution is 7.98. The minimum Gasteiger partial charge on any atom is -0.354 e. The fourth-order valence-corrected chi connectivity index (χ4v) is 3.03. The van der Waals surface area contributed by atoms with E-state index in [4.69, 9.17) is 0 Å². The van der Waals surface area contributed by atoms with E-state index in [0.717, 1.165) is 44.1 Å². The monoisotopic (exact) mass is 383 g/mol. The second-order valence-corrected chi connectivity index (χ2v) is 6.86. The highest BCUT2D eigenvalue weighted by Crippen LogP contribution is 2.30. The Balaban J connectivity index is 1.80. The van der Waals surface area contributed by atoms with Crippen LogP contribution in [0.5, 0.6) is 0 Å². The first-order valence-corrected chi connectivity index (χ1v) is 9.38. The molecular formula is C17H20F3N5S. The van der Waals surface area contributed by atoms with Gasteiger partial charge in [-0.3, -0.25) is 0 Å². The maximum Gasteiger partial charge on any atom is 0.416 e. The molecule has 1 aliphatic rings. The molecule has 1 saturated heterocycles. The van der Waals surface area contributed by atoms with Crippen LogP contribution in [0.3, 0.4) is 0 Å². The second-order valence-electron chi connectivity index (χ2n) is 6.09. The zero-order valence-corrected chi connectivity index (χ0v) is 15.4. The molecule has 1 aliphatic heterocycles. The van der Waals surface area contributed by atoms with Gasteiger partial charge in [0.1, 0.15) is 11.6 Å². The molecule has 2 aromatic rings. The minimum absolute atomic E-state index is 0.549. The van der Waals surface area contributed by atoms with Crippen molar-refractivity contribution >= 4 is 29.1 Å². The number of nitrogens with zero attached hydrogens (tertiary/aromatic N) is 4. The summed E-state index contributed by atoms with van der Waals surface area (Å²) in [6.45, 7) is 3.67. The van der Waals surface area contributed by atoms with Crippen LogP contribution in [-0.4, -0.2) is 54.4 Å². The molecule has 1 N–H and O–H groups in total. The molecule has 0 aliphatic carbocycles. The molecule has 9 heteroatoms. The van der Waals surface area contributed by atoms with Crippen LogP contribution in [0.2, 0.25) is 0 Å². The van der Waals surface area contributed by atoms with Gasteiger partial charge in [0.05, 0.1) is 5.56 Å². The summed E-state index contributed by atoms with van der Waals surface area (Å²) in [6.07, 6.45) is -2.45. The summed E-state index contributed by atoms with van der Waals surface area (Å²) in [5, 5.41) is 3.70. The fraction of sp³-hybridized carbons (Fsp3) is 0.412. The fourth-order valence-electron chi connectivity index (χ4n) is 2.66. The van der Waals surface area contributed by atoms with E-state index in [1.807, 2.05) is 12.3 Å². The molecule has 2 heterocycles. The van der Waals surface area contributed by atoms with Crippen LogP contribution in [0.15, 0.2) is 35.5 Å². The van der Waals surface area contributed by atoms with Crippen LogP contribution >= 0.6 is 11.8 Å². The summed E-state index contributed by atoms with van der Waals surface area (Å²) in [7, 11) is 2.09. The van der Waals surface area contributed by atoms with Crippen molar-refractivity contribution in [1.82, 2.24) is 14.9 Å². The highest BCUT2D eigenvalue weighted by Gasteiger charge is 2.30. The first kappa shape index (κ1) is 18.8. The van der Waals surface area contributed by atoms with Crippen LogP contribution in [-0.2, 0) is 6.18 Å². The number of rotatable bonds is 4. The third kappa shape index (κ3) is 4.59. The van der Waals surface area contributed by atoms with E-state index in [0.29, 0.717) is 16.7 Å². The van der Waals surface area contributed by atoms with Gasteiger partial charge in [-0.05, 0) is 37.6 Å². The predicted molar refractivity (Wildman–Crippen MR) is 98.2 cm³/mol. The van der Waals surface area contributed by atoms with Crippen molar-refractivity contribution in [2.24, 2.45) is 0 Å². The summed E-state index contributed by atoms with van der Waals surface area (Å²) in [5.74, 6) is 1.39. The van der Waals surface area contributed by atoms with Gasteiger partial charge in [-0.25, -0.2) is 9.97 Å². The van der Waals surface area contributed by atoms with Crippen LogP contribution < -0.4 is 10.2 Å². The van der Waals surface area contributed by atoms with Gasteiger partial charge in [0.15, 0.2) is 5.16 Å². The number of alkyl halides is 3. The van der Waals surface area contributed by atoms with Crippen molar-refractivity contribution in [1.29, 1.82) is 0 Å².